The lowest BCUT2D eigenvalue weighted by Crippen LogP contribution is -2.42. The molecule has 2 rings (SSSR count). The smallest absolute Gasteiger partial charge is 0.116 e. The summed E-state index contributed by atoms with van der Waals surface area (Å²) in [6.07, 6.45) is 1.79. The maximum absolute atomic E-state index is 9.30. The van der Waals surface area contributed by atoms with Gasteiger partial charge in [-0.1, -0.05) is 0 Å². The van der Waals surface area contributed by atoms with Crippen molar-refractivity contribution in [2.24, 2.45) is 0 Å². The lowest BCUT2D eigenvalue weighted by molar-refractivity contribution is 0.212. The predicted octanol–water partition coefficient (Wildman–Crippen LogP) is 1.50. The number of anilines is 1. The summed E-state index contributed by atoms with van der Waals surface area (Å²) in [6, 6.07) is 5.30. The van der Waals surface area contributed by atoms with Crippen LogP contribution in [0.4, 0.5) is 5.69 Å². The van der Waals surface area contributed by atoms with Crippen molar-refractivity contribution in [1.29, 1.82) is 0 Å². The molecule has 1 aromatic carbocycles. The second-order valence-corrected chi connectivity index (χ2v) is 4.19. The number of benzene rings is 1. The van der Waals surface area contributed by atoms with Crippen molar-refractivity contribution >= 4 is 5.69 Å². The fraction of sp³-hybridized carbons (Fsp3) is 0.455. The lowest BCUT2D eigenvalue weighted by Gasteiger charge is -2.35. The maximum atomic E-state index is 9.30. The van der Waals surface area contributed by atoms with Crippen LogP contribution in [0.1, 0.15) is 18.9 Å². The van der Waals surface area contributed by atoms with Gasteiger partial charge in [0.15, 0.2) is 0 Å². The van der Waals surface area contributed by atoms with Crippen LogP contribution in [0.5, 0.6) is 5.75 Å². The van der Waals surface area contributed by atoms with Gasteiger partial charge in [-0.05, 0) is 43.5 Å². The Labute approximate surface area is 83.4 Å². The monoisotopic (exact) mass is 193 g/mol. The molecule has 0 spiro atoms. The normalized spacial score (nSPS) is 25.3. The molecular formula is C11H15NO2. The van der Waals surface area contributed by atoms with E-state index in [1.807, 2.05) is 13.0 Å². The number of fused-ring (bicyclic) bond motifs is 1. The van der Waals surface area contributed by atoms with Crippen LogP contribution in [0.15, 0.2) is 18.2 Å². The number of aromatic hydroxyl groups is 1. The van der Waals surface area contributed by atoms with Gasteiger partial charge >= 0.3 is 0 Å². The zero-order valence-corrected chi connectivity index (χ0v) is 8.25. The molecule has 3 N–H and O–H groups in total. The zero-order valence-electron chi connectivity index (χ0n) is 8.25. The molecule has 0 bridgehead atoms. The average Bonchev–Trinajstić information content (AvgIpc) is 2.19. The summed E-state index contributed by atoms with van der Waals surface area (Å²) in [5, 5.41) is 21.8. The van der Waals surface area contributed by atoms with E-state index in [9.17, 15) is 10.2 Å². The molecule has 1 aromatic rings. The molecule has 1 atom stereocenters. The number of rotatable bonds is 1. The minimum atomic E-state index is -0.218. The van der Waals surface area contributed by atoms with Crippen molar-refractivity contribution in [3.05, 3.63) is 23.8 Å². The van der Waals surface area contributed by atoms with Gasteiger partial charge in [0.05, 0.1) is 12.1 Å². The molecule has 0 amide bonds. The third-order valence-electron chi connectivity index (χ3n) is 2.82. The topological polar surface area (TPSA) is 52.5 Å². The Bertz CT molecular complexity index is 351. The molecule has 14 heavy (non-hydrogen) atoms. The Morgan fingerprint density at radius 2 is 2.29 bits per heavy atom. The molecule has 0 saturated carbocycles. The fourth-order valence-electron chi connectivity index (χ4n) is 1.83. The van der Waals surface area contributed by atoms with E-state index >= 15 is 0 Å². The predicted molar refractivity (Wildman–Crippen MR) is 55.5 cm³/mol. The number of hydrogen-bond acceptors (Lipinski definition) is 3. The van der Waals surface area contributed by atoms with Crippen LogP contribution < -0.4 is 5.32 Å². The molecule has 0 saturated heterocycles. The molecule has 0 aliphatic carbocycles. The van der Waals surface area contributed by atoms with Crippen molar-refractivity contribution in [2.45, 2.75) is 25.3 Å². The summed E-state index contributed by atoms with van der Waals surface area (Å²) in [6.45, 7) is 2.14. The van der Waals surface area contributed by atoms with Crippen molar-refractivity contribution in [3.63, 3.8) is 0 Å². The third kappa shape index (κ3) is 1.55. The van der Waals surface area contributed by atoms with Gasteiger partial charge in [-0.15, -0.1) is 0 Å². The molecule has 1 heterocycles. The number of phenolic OH excluding ortho intramolecular Hbond substituents is 1. The van der Waals surface area contributed by atoms with Crippen LogP contribution in [0, 0.1) is 0 Å². The fourth-order valence-corrected chi connectivity index (χ4v) is 1.83. The van der Waals surface area contributed by atoms with Gasteiger partial charge in [-0.2, -0.15) is 0 Å². The van der Waals surface area contributed by atoms with Crippen LogP contribution in [-0.2, 0) is 6.42 Å². The van der Waals surface area contributed by atoms with Crippen molar-refractivity contribution < 1.29 is 10.2 Å². The Balaban J connectivity index is 2.31. The number of aliphatic hydroxyl groups excluding tert-OH is 1. The molecule has 1 aliphatic heterocycles. The van der Waals surface area contributed by atoms with Gasteiger partial charge < -0.3 is 15.5 Å². The van der Waals surface area contributed by atoms with Gasteiger partial charge in [0, 0.05) is 5.69 Å². The van der Waals surface area contributed by atoms with Crippen LogP contribution in [0.3, 0.4) is 0 Å². The van der Waals surface area contributed by atoms with E-state index in [4.69, 9.17) is 0 Å². The van der Waals surface area contributed by atoms with E-state index in [1.54, 1.807) is 12.1 Å². The van der Waals surface area contributed by atoms with Crippen molar-refractivity contribution in [2.75, 3.05) is 11.9 Å². The highest BCUT2D eigenvalue weighted by molar-refractivity contribution is 5.57. The van der Waals surface area contributed by atoms with Gasteiger partial charge in [-0.3, -0.25) is 0 Å². The second-order valence-electron chi connectivity index (χ2n) is 4.19. The van der Waals surface area contributed by atoms with E-state index in [0.717, 1.165) is 24.1 Å². The zero-order chi connectivity index (χ0) is 10.2. The van der Waals surface area contributed by atoms with E-state index in [-0.39, 0.29) is 12.1 Å². The maximum Gasteiger partial charge on any atom is 0.116 e. The van der Waals surface area contributed by atoms with E-state index in [0.29, 0.717) is 5.75 Å². The highest BCUT2D eigenvalue weighted by atomic mass is 16.3. The van der Waals surface area contributed by atoms with Gasteiger partial charge in [0.2, 0.25) is 0 Å². The van der Waals surface area contributed by atoms with Gasteiger partial charge in [-0.25, -0.2) is 0 Å². The summed E-state index contributed by atoms with van der Waals surface area (Å²) in [7, 11) is 0. The summed E-state index contributed by atoms with van der Waals surface area (Å²) < 4.78 is 0. The van der Waals surface area contributed by atoms with E-state index in [2.05, 4.69) is 5.32 Å². The Kier molecular flexibility index (Phi) is 2.11. The molecule has 1 unspecified atom stereocenters. The number of nitrogens with one attached hydrogen (secondary N) is 1. The second kappa shape index (κ2) is 3.17. The summed E-state index contributed by atoms with van der Waals surface area (Å²) in [5.41, 5.74) is 1.92. The molecule has 76 valence electrons. The van der Waals surface area contributed by atoms with Crippen molar-refractivity contribution in [1.82, 2.24) is 0 Å². The first kappa shape index (κ1) is 9.34. The van der Waals surface area contributed by atoms with E-state index in [1.165, 1.54) is 0 Å². The SMILES string of the molecule is CC1(CO)CCc2cc(O)ccc2N1. The first-order valence-electron chi connectivity index (χ1n) is 4.84. The highest BCUT2D eigenvalue weighted by Crippen LogP contribution is 2.32. The first-order chi connectivity index (χ1) is 6.63. The molecule has 0 radical (unpaired) electrons. The number of phenols is 1. The van der Waals surface area contributed by atoms with Crippen LogP contribution >= 0.6 is 0 Å². The quantitative estimate of drug-likeness (QED) is 0.592. The third-order valence-corrected chi connectivity index (χ3v) is 2.82. The molecule has 0 fully saturated rings. The Morgan fingerprint density at radius 1 is 1.50 bits per heavy atom. The first-order valence-corrected chi connectivity index (χ1v) is 4.84. The van der Waals surface area contributed by atoms with Gasteiger partial charge in [0.25, 0.3) is 0 Å². The summed E-state index contributed by atoms with van der Waals surface area (Å²) in [5.74, 6) is 0.304. The summed E-state index contributed by atoms with van der Waals surface area (Å²) >= 11 is 0. The molecular weight excluding hydrogens is 178 g/mol. The number of hydrogen-bond donors (Lipinski definition) is 3. The lowest BCUT2D eigenvalue weighted by atomic mass is 9.88. The molecule has 1 aliphatic rings. The largest absolute Gasteiger partial charge is 0.508 e. The van der Waals surface area contributed by atoms with Crippen LogP contribution in [-0.4, -0.2) is 22.4 Å². The Hall–Kier alpha value is -1.22. The minimum Gasteiger partial charge on any atom is -0.508 e. The summed E-state index contributed by atoms with van der Waals surface area (Å²) in [4.78, 5) is 0. The number of aliphatic hydroxyl groups is 1. The van der Waals surface area contributed by atoms with Crippen LogP contribution in [0.25, 0.3) is 0 Å². The minimum absolute atomic E-state index is 0.132. The Morgan fingerprint density at radius 3 is 3.00 bits per heavy atom. The molecule has 3 heteroatoms. The van der Waals surface area contributed by atoms with Gasteiger partial charge in [0.1, 0.15) is 5.75 Å². The highest BCUT2D eigenvalue weighted by Gasteiger charge is 2.28. The van der Waals surface area contributed by atoms with Crippen molar-refractivity contribution in [3.8, 4) is 5.75 Å². The number of aryl methyl sites for hydroxylation is 1. The molecule has 3 nitrogen and oxygen atoms in total. The van der Waals surface area contributed by atoms with E-state index < -0.39 is 0 Å². The standard InChI is InChI=1S/C11H15NO2/c1-11(7-13)5-4-8-6-9(14)2-3-10(8)12-11/h2-3,6,12-14H,4-5,7H2,1H3. The molecule has 0 aromatic heterocycles. The van der Waals surface area contributed by atoms with Crippen LogP contribution in [0.2, 0.25) is 0 Å². The average molecular weight is 193 g/mol.